The highest BCUT2D eigenvalue weighted by Crippen LogP contribution is 2.23. The number of fused-ring (bicyclic) bond motifs is 1. The van der Waals surface area contributed by atoms with Crippen molar-refractivity contribution in [3.05, 3.63) is 36.0 Å². The largest absolute Gasteiger partial charge is 0.494 e. The molecule has 1 N–H and O–H groups in total. The highest BCUT2D eigenvalue weighted by atomic mass is 16.5. The molecule has 2 aromatic rings. The fourth-order valence-corrected chi connectivity index (χ4v) is 1.99. The third kappa shape index (κ3) is 2.88. The molecule has 0 radical (unpaired) electrons. The molecule has 0 spiro atoms. The predicted octanol–water partition coefficient (Wildman–Crippen LogP) is 2.15. The summed E-state index contributed by atoms with van der Waals surface area (Å²) in [5, 5.41) is 10.0. The summed E-state index contributed by atoms with van der Waals surface area (Å²) in [5.74, 6) is -0.121. The van der Waals surface area contributed by atoms with E-state index in [1.807, 2.05) is 30.3 Å². The van der Waals surface area contributed by atoms with Gasteiger partial charge in [0.2, 0.25) is 0 Å². The Morgan fingerprint density at radius 1 is 1.40 bits per heavy atom. The number of carbonyl (C=O) groups is 1. The Labute approximate surface area is 117 Å². The molecule has 1 atom stereocenters. The number of hydrogen-bond donors (Lipinski definition) is 1. The Balaban J connectivity index is 2.30. The monoisotopic (exact) mass is 274 g/mol. The smallest absolute Gasteiger partial charge is 0.320 e. The maximum atomic E-state index is 11.0. The van der Waals surface area contributed by atoms with E-state index < -0.39 is 12.0 Å². The normalized spacial score (nSPS) is 12.6. The van der Waals surface area contributed by atoms with E-state index in [4.69, 9.17) is 9.84 Å². The van der Waals surface area contributed by atoms with E-state index in [1.54, 1.807) is 26.0 Å². The first-order valence-corrected chi connectivity index (χ1v) is 6.38. The molecule has 1 aromatic heterocycles. The second-order valence-electron chi connectivity index (χ2n) is 4.76. The van der Waals surface area contributed by atoms with E-state index >= 15 is 0 Å². The van der Waals surface area contributed by atoms with E-state index in [-0.39, 0.29) is 0 Å². The van der Waals surface area contributed by atoms with Gasteiger partial charge in [-0.1, -0.05) is 18.2 Å². The van der Waals surface area contributed by atoms with Gasteiger partial charge in [-0.25, -0.2) is 4.98 Å². The topological polar surface area (TPSA) is 62.7 Å². The van der Waals surface area contributed by atoms with Crippen LogP contribution in [0.2, 0.25) is 0 Å². The summed E-state index contributed by atoms with van der Waals surface area (Å²) in [5.41, 5.74) is 1.61. The summed E-state index contributed by atoms with van der Waals surface area (Å²) in [6, 6.07) is 9.08. The summed E-state index contributed by atoms with van der Waals surface area (Å²) in [6.07, 6.45) is 0. The van der Waals surface area contributed by atoms with E-state index in [1.165, 1.54) is 0 Å². The number of pyridine rings is 1. The second kappa shape index (κ2) is 5.88. The van der Waals surface area contributed by atoms with Crippen molar-refractivity contribution in [3.8, 4) is 5.75 Å². The van der Waals surface area contributed by atoms with Crippen molar-refractivity contribution in [2.24, 2.45) is 0 Å². The van der Waals surface area contributed by atoms with E-state index in [2.05, 4.69) is 4.98 Å². The van der Waals surface area contributed by atoms with Crippen LogP contribution in [0.15, 0.2) is 30.3 Å². The summed E-state index contributed by atoms with van der Waals surface area (Å²) in [6.45, 7) is 2.13. The van der Waals surface area contributed by atoms with Crippen LogP contribution in [-0.2, 0) is 11.3 Å². The van der Waals surface area contributed by atoms with Crippen LogP contribution in [0.25, 0.3) is 10.9 Å². The standard InChI is InChI=1S/C15H18N2O3/c1-10(15(18)19)17(2)9-12-8-7-11-5-4-6-13(20-3)14(11)16-12/h4-8,10H,9H2,1-3H3,(H,18,19). The van der Waals surface area contributed by atoms with Crippen molar-refractivity contribution in [3.63, 3.8) is 0 Å². The number of hydrogen-bond acceptors (Lipinski definition) is 4. The summed E-state index contributed by atoms with van der Waals surface area (Å²) in [7, 11) is 3.38. The number of ether oxygens (including phenoxy) is 1. The third-order valence-corrected chi connectivity index (χ3v) is 3.39. The molecule has 0 amide bonds. The van der Waals surface area contributed by atoms with Crippen molar-refractivity contribution in [1.29, 1.82) is 0 Å². The highest BCUT2D eigenvalue weighted by molar-refractivity contribution is 5.84. The number of likely N-dealkylation sites (N-methyl/N-ethyl adjacent to an activating group) is 1. The van der Waals surface area contributed by atoms with Crippen LogP contribution in [0.4, 0.5) is 0 Å². The Hall–Kier alpha value is -2.14. The molecule has 1 unspecified atom stereocenters. The quantitative estimate of drug-likeness (QED) is 0.905. The minimum absolute atomic E-state index is 0.474. The lowest BCUT2D eigenvalue weighted by molar-refractivity contribution is -0.142. The van der Waals surface area contributed by atoms with Crippen molar-refractivity contribution >= 4 is 16.9 Å². The zero-order chi connectivity index (χ0) is 14.7. The lowest BCUT2D eigenvalue weighted by atomic mass is 10.2. The van der Waals surface area contributed by atoms with Gasteiger partial charge in [-0.15, -0.1) is 0 Å². The van der Waals surface area contributed by atoms with Crippen LogP contribution in [0.3, 0.4) is 0 Å². The highest BCUT2D eigenvalue weighted by Gasteiger charge is 2.17. The van der Waals surface area contributed by atoms with Gasteiger partial charge in [-0.2, -0.15) is 0 Å². The van der Waals surface area contributed by atoms with Crippen molar-refractivity contribution in [1.82, 2.24) is 9.88 Å². The first kappa shape index (κ1) is 14.3. The molecule has 0 saturated carbocycles. The molecule has 0 aliphatic heterocycles. The number of para-hydroxylation sites is 1. The molecule has 20 heavy (non-hydrogen) atoms. The van der Waals surface area contributed by atoms with E-state index in [0.29, 0.717) is 6.54 Å². The Kier molecular flexibility index (Phi) is 4.20. The van der Waals surface area contributed by atoms with E-state index in [0.717, 1.165) is 22.3 Å². The van der Waals surface area contributed by atoms with Gasteiger partial charge in [0.1, 0.15) is 17.3 Å². The Bertz CT molecular complexity index is 628. The van der Waals surface area contributed by atoms with Crippen LogP contribution < -0.4 is 4.74 Å². The minimum atomic E-state index is -0.842. The maximum absolute atomic E-state index is 11.0. The maximum Gasteiger partial charge on any atom is 0.320 e. The number of benzene rings is 1. The number of nitrogens with zero attached hydrogens (tertiary/aromatic N) is 2. The van der Waals surface area contributed by atoms with Gasteiger partial charge in [0.05, 0.1) is 12.8 Å². The van der Waals surface area contributed by atoms with Gasteiger partial charge in [0.25, 0.3) is 0 Å². The first-order chi connectivity index (χ1) is 9.52. The number of carboxylic acids is 1. The molecular weight excluding hydrogens is 256 g/mol. The van der Waals surface area contributed by atoms with Crippen LogP contribution in [0.1, 0.15) is 12.6 Å². The number of rotatable bonds is 5. The fourth-order valence-electron chi connectivity index (χ4n) is 1.99. The zero-order valence-electron chi connectivity index (χ0n) is 11.8. The molecule has 1 heterocycles. The zero-order valence-corrected chi connectivity index (χ0v) is 11.8. The van der Waals surface area contributed by atoms with Gasteiger partial charge in [0.15, 0.2) is 0 Å². The third-order valence-electron chi connectivity index (χ3n) is 3.39. The predicted molar refractivity (Wildman–Crippen MR) is 76.9 cm³/mol. The lowest BCUT2D eigenvalue weighted by Crippen LogP contribution is -2.35. The van der Waals surface area contributed by atoms with Crippen LogP contribution >= 0.6 is 0 Å². The fraction of sp³-hybridized carbons (Fsp3) is 0.333. The molecule has 106 valence electrons. The van der Waals surface area contributed by atoms with Crippen LogP contribution in [-0.4, -0.2) is 41.2 Å². The average Bonchev–Trinajstić information content (AvgIpc) is 2.45. The molecule has 0 saturated heterocycles. The lowest BCUT2D eigenvalue weighted by Gasteiger charge is -2.20. The van der Waals surface area contributed by atoms with Gasteiger partial charge in [0, 0.05) is 11.9 Å². The molecule has 5 nitrogen and oxygen atoms in total. The summed E-state index contributed by atoms with van der Waals surface area (Å²) >= 11 is 0. The van der Waals surface area contributed by atoms with Crippen LogP contribution in [0, 0.1) is 0 Å². The Morgan fingerprint density at radius 2 is 2.15 bits per heavy atom. The van der Waals surface area contributed by atoms with E-state index in [9.17, 15) is 4.79 Å². The summed E-state index contributed by atoms with van der Waals surface area (Å²) < 4.78 is 5.30. The van der Waals surface area contributed by atoms with Gasteiger partial charge in [-0.3, -0.25) is 9.69 Å². The summed E-state index contributed by atoms with van der Waals surface area (Å²) in [4.78, 5) is 17.3. The number of carboxylic acid groups (broad SMARTS) is 1. The average molecular weight is 274 g/mol. The molecule has 1 aromatic carbocycles. The molecule has 0 fully saturated rings. The number of aliphatic carboxylic acids is 1. The van der Waals surface area contributed by atoms with Crippen molar-refractivity contribution in [2.75, 3.05) is 14.2 Å². The van der Waals surface area contributed by atoms with Crippen molar-refractivity contribution < 1.29 is 14.6 Å². The first-order valence-electron chi connectivity index (χ1n) is 6.38. The molecule has 2 rings (SSSR count). The second-order valence-corrected chi connectivity index (χ2v) is 4.76. The molecule has 0 bridgehead atoms. The number of methoxy groups -OCH3 is 1. The van der Waals surface area contributed by atoms with Crippen LogP contribution in [0.5, 0.6) is 5.75 Å². The molecule has 0 aliphatic rings. The van der Waals surface area contributed by atoms with Gasteiger partial charge in [-0.05, 0) is 26.1 Å². The minimum Gasteiger partial charge on any atom is -0.494 e. The SMILES string of the molecule is COc1cccc2ccc(CN(C)C(C)C(=O)O)nc12. The van der Waals surface area contributed by atoms with Gasteiger partial charge < -0.3 is 9.84 Å². The Morgan fingerprint density at radius 3 is 2.80 bits per heavy atom. The molecular formula is C15H18N2O3. The molecule has 5 heteroatoms. The van der Waals surface area contributed by atoms with Gasteiger partial charge >= 0.3 is 5.97 Å². The molecule has 0 aliphatic carbocycles. The van der Waals surface area contributed by atoms with Crippen molar-refractivity contribution in [2.45, 2.75) is 19.5 Å². The number of aromatic nitrogens is 1.